The number of para-hydroxylation sites is 1. The first-order valence-electron chi connectivity index (χ1n) is 11.4. The Hall–Kier alpha value is -2.17. The number of thioether (sulfide) groups is 2. The second-order valence-corrected chi connectivity index (χ2v) is 11.0. The molecule has 4 rings (SSSR count). The van der Waals surface area contributed by atoms with E-state index in [0.717, 1.165) is 16.8 Å². The highest BCUT2D eigenvalue weighted by Gasteiger charge is 2.27. The number of aryl methyl sites for hydroxylation is 2. The monoisotopic (exact) mass is 461 g/mol. The van der Waals surface area contributed by atoms with Crippen LogP contribution in [0.3, 0.4) is 0 Å². The molecule has 1 amide bonds. The number of hydrogen-bond donors (Lipinski definition) is 1. The smallest absolute Gasteiger partial charge is 0.234 e. The first-order chi connectivity index (χ1) is 15.6. The molecule has 2 nitrogen and oxygen atoms in total. The van der Waals surface area contributed by atoms with E-state index < -0.39 is 0 Å². The SMILES string of the molecule is Cc1cccc(C)c1NC(=O)CSC1CCCCC1Sc1cccc(-c2ccccc2)c1. The average molecular weight is 462 g/mol. The molecule has 0 spiro atoms. The van der Waals surface area contributed by atoms with Gasteiger partial charge in [0.2, 0.25) is 5.91 Å². The topological polar surface area (TPSA) is 29.1 Å². The summed E-state index contributed by atoms with van der Waals surface area (Å²) >= 11 is 3.82. The molecule has 32 heavy (non-hydrogen) atoms. The number of carbonyl (C=O) groups excluding carboxylic acids is 1. The van der Waals surface area contributed by atoms with Gasteiger partial charge in [-0.05, 0) is 61.1 Å². The summed E-state index contributed by atoms with van der Waals surface area (Å²) in [5.41, 5.74) is 5.72. The summed E-state index contributed by atoms with van der Waals surface area (Å²) in [6.07, 6.45) is 4.95. The number of benzene rings is 3. The van der Waals surface area contributed by atoms with Crippen LogP contribution >= 0.6 is 23.5 Å². The summed E-state index contributed by atoms with van der Waals surface area (Å²) in [5, 5.41) is 4.20. The first-order valence-corrected chi connectivity index (χ1v) is 13.3. The summed E-state index contributed by atoms with van der Waals surface area (Å²) in [7, 11) is 0. The van der Waals surface area contributed by atoms with Gasteiger partial charge in [0.1, 0.15) is 0 Å². The molecule has 0 aliphatic heterocycles. The van der Waals surface area contributed by atoms with Crippen LogP contribution in [0.1, 0.15) is 36.8 Å². The van der Waals surface area contributed by atoms with Crippen molar-refractivity contribution in [3.8, 4) is 11.1 Å². The van der Waals surface area contributed by atoms with Crippen LogP contribution in [0.2, 0.25) is 0 Å². The van der Waals surface area contributed by atoms with Gasteiger partial charge in [-0.3, -0.25) is 4.79 Å². The van der Waals surface area contributed by atoms with Crippen LogP contribution in [0, 0.1) is 13.8 Å². The summed E-state index contributed by atoms with van der Waals surface area (Å²) in [5.74, 6) is 0.618. The highest BCUT2D eigenvalue weighted by atomic mass is 32.2. The predicted molar refractivity (Wildman–Crippen MR) is 141 cm³/mol. The van der Waals surface area contributed by atoms with Crippen LogP contribution in [0.25, 0.3) is 11.1 Å². The Balaban J connectivity index is 1.38. The fraction of sp³-hybridized carbons (Fsp3) is 0.321. The lowest BCUT2D eigenvalue weighted by Gasteiger charge is -2.30. The zero-order valence-corrected chi connectivity index (χ0v) is 20.5. The fourth-order valence-corrected chi connectivity index (χ4v) is 7.11. The van der Waals surface area contributed by atoms with Crippen molar-refractivity contribution in [3.63, 3.8) is 0 Å². The molecule has 0 bridgehead atoms. The summed E-state index contributed by atoms with van der Waals surface area (Å²) < 4.78 is 0. The Morgan fingerprint density at radius 3 is 2.25 bits per heavy atom. The number of nitrogens with one attached hydrogen (secondary N) is 1. The van der Waals surface area contributed by atoms with E-state index in [4.69, 9.17) is 0 Å². The molecule has 4 heteroatoms. The largest absolute Gasteiger partial charge is 0.325 e. The minimum Gasteiger partial charge on any atom is -0.325 e. The van der Waals surface area contributed by atoms with Crippen LogP contribution in [-0.4, -0.2) is 22.2 Å². The maximum Gasteiger partial charge on any atom is 0.234 e. The van der Waals surface area contributed by atoms with E-state index in [0.29, 0.717) is 16.3 Å². The van der Waals surface area contributed by atoms with E-state index in [-0.39, 0.29) is 5.91 Å². The molecule has 1 N–H and O–H groups in total. The van der Waals surface area contributed by atoms with Gasteiger partial charge in [-0.25, -0.2) is 0 Å². The second kappa shape index (κ2) is 11.1. The Morgan fingerprint density at radius 2 is 1.50 bits per heavy atom. The minimum absolute atomic E-state index is 0.104. The predicted octanol–water partition coefficient (Wildman–Crippen LogP) is 7.75. The zero-order valence-electron chi connectivity index (χ0n) is 18.8. The Bertz CT molecular complexity index is 1030. The van der Waals surface area contributed by atoms with E-state index >= 15 is 0 Å². The van der Waals surface area contributed by atoms with Crippen molar-refractivity contribution in [1.82, 2.24) is 0 Å². The van der Waals surface area contributed by atoms with Gasteiger partial charge in [-0.15, -0.1) is 23.5 Å². The van der Waals surface area contributed by atoms with Crippen molar-refractivity contribution in [2.75, 3.05) is 11.1 Å². The van der Waals surface area contributed by atoms with Gasteiger partial charge in [0, 0.05) is 21.1 Å². The molecule has 1 saturated carbocycles. The number of rotatable bonds is 7. The van der Waals surface area contributed by atoms with E-state index in [2.05, 4.69) is 59.9 Å². The van der Waals surface area contributed by atoms with Crippen molar-refractivity contribution in [2.45, 2.75) is 54.9 Å². The van der Waals surface area contributed by atoms with Gasteiger partial charge in [0.15, 0.2) is 0 Å². The molecular formula is C28H31NOS2. The number of amides is 1. The maximum atomic E-state index is 12.7. The third-order valence-electron chi connectivity index (χ3n) is 6.04. The molecule has 1 fully saturated rings. The van der Waals surface area contributed by atoms with Crippen LogP contribution in [0.5, 0.6) is 0 Å². The Morgan fingerprint density at radius 1 is 0.844 bits per heavy atom. The fourth-order valence-electron chi connectivity index (χ4n) is 4.31. The first kappa shape index (κ1) is 23.0. The van der Waals surface area contributed by atoms with Gasteiger partial charge < -0.3 is 5.32 Å². The van der Waals surface area contributed by atoms with Crippen molar-refractivity contribution in [1.29, 1.82) is 0 Å². The van der Waals surface area contributed by atoms with E-state index in [1.54, 1.807) is 0 Å². The Labute approximate surface area is 200 Å². The molecule has 0 aromatic heterocycles. The van der Waals surface area contributed by atoms with Gasteiger partial charge in [-0.1, -0.05) is 73.5 Å². The van der Waals surface area contributed by atoms with Crippen LogP contribution in [0.4, 0.5) is 5.69 Å². The van der Waals surface area contributed by atoms with E-state index in [1.807, 2.05) is 55.6 Å². The summed E-state index contributed by atoms with van der Waals surface area (Å²) in [6, 6.07) is 25.6. The van der Waals surface area contributed by atoms with Crippen molar-refractivity contribution in [2.24, 2.45) is 0 Å². The van der Waals surface area contributed by atoms with E-state index in [9.17, 15) is 4.79 Å². The third-order valence-corrected chi connectivity index (χ3v) is 9.03. The van der Waals surface area contributed by atoms with Crippen molar-refractivity contribution < 1.29 is 4.79 Å². The average Bonchev–Trinajstić information content (AvgIpc) is 2.82. The maximum absolute atomic E-state index is 12.7. The second-order valence-electron chi connectivity index (χ2n) is 8.50. The van der Waals surface area contributed by atoms with Gasteiger partial charge >= 0.3 is 0 Å². The lowest BCUT2D eigenvalue weighted by Crippen LogP contribution is -2.27. The summed E-state index contributed by atoms with van der Waals surface area (Å²) in [4.78, 5) is 14.0. The van der Waals surface area contributed by atoms with Crippen LogP contribution in [-0.2, 0) is 4.79 Å². The lowest BCUT2D eigenvalue weighted by atomic mass is 10.00. The zero-order chi connectivity index (χ0) is 22.3. The van der Waals surface area contributed by atoms with Crippen LogP contribution < -0.4 is 5.32 Å². The van der Waals surface area contributed by atoms with Gasteiger partial charge in [0.05, 0.1) is 5.75 Å². The van der Waals surface area contributed by atoms with Gasteiger partial charge in [0.25, 0.3) is 0 Å². The molecule has 2 atom stereocenters. The standard InChI is InChI=1S/C28H31NOS2/c1-20-10-8-11-21(2)28(20)29-27(30)19-31-25-16-6-7-17-26(25)32-24-15-9-14-23(18-24)22-12-4-3-5-13-22/h3-5,8-15,18,25-26H,6-7,16-17,19H2,1-2H3,(H,29,30). The molecule has 0 heterocycles. The minimum atomic E-state index is 0.104. The number of anilines is 1. The summed E-state index contributed by atoms with van der Waals surface area (Å²) in [6.45, 7) is 4.10. The third kappa shape index (κ3) is 5.99. The van der Waals surface area contributed by atoms with Crippen molar-refractivity contribution >= 4 is 35.1 Å². The van der Waals surface area contributed by atoms with Crippen LogP contribution in [0.15, 0.2) is 77.7 Å². The normalized spacial score (nSPS) is 18.3. The molecule has 166 valence electrons. The van der Waals surface area contributed by atoms with Gasteiger partial charge in [-0.2, -0.15) is 0 Å². The van der Waals surface area contributed by atoms with E-state index in [1.165, 1.54) is 41.7 Å². The highest BCUT2D eigenvalue weighted by molar-refractivity contribution is 8.04. The number of hydrogen-bond acceptors (Lipinski definition) is 3. The quantitative estimate of drug-likeness (QED) is 0.390. The molecule has 1 aliphatic carbocycles. The lowest BCUT2D eigenvalue weighted by molar-refractivity contribution is -0.113. The molecule has 2 unspecified atom stereocenters. The number of carbonyl (C=O) groups is 1. The van der Waals surface area contributed by atoms with Crippen molar-refractivity contribution in [3.05, 3.63) is 83.9 Å². The molecule has 3 aromatic rings. The molecule has 0 saturated heterocycles. The molecule has 1 aliphatic rings. The Kier molecular flexibility index (Phi) is 7.99. The molecule has 0 radical (unpaired) electrons. The molecular weight excluding hydrogens is 430 g/mol. The highest BCUT2D eigenvalue weighted by Crippen LogP contribution is 2.40. The molecule has 3 aromatic carbocycles.